The van der Waals surface area contributed by atoms with Crippen LogP contribution >= 0.6 is 0 Å². The third-order valence-electron chi connectivity index (χ3n) is 5.31. The molecule has 0 amide bonds. The third-order valence-corrected chi connectivity index (χ3v) is 7.05. The minimum atomic E-state index is -3.94. The van der Waals surface area contributed by atoms with Crippen molar-refractivity contribution in [1.29, 1.82) is 0 Å². The van der Waals surface area contributed by atoms with E-state index < -0.39 is 10.0 Å². The lowest BCUT2D eigenvalue weighted by Crippen LogP contribution is -2.27. The predicted octanol–water partition coefficient (Wildman–Crippen LogP) is 3.42. The standard InChI is InChI=1S/C23H24N2O4S/c26-15-7-14-24-13-6-9-19(17-24)23(27)22-16-18-8-4-5-12-21(18)25(22)30(28,29)20-10-2-1-3-11-20/h1-5,8,10-12,16-17,26H,6-7,9,13-15H2. The van der Waals surface area contributed by atoms with Crippen molar-refractivity contribution < 1.29 is 18.3 Å². The first-order chi connectivity index (χ1) is 14.5. The second-order valence-corrected chi connectivity index (χ2v) is 9.16. The van der Waals surface area contributed by atoms with Crippen LogP contribution < -0.4 is 0 Å². The summed E-state index contributed by atoms with van der Waals surface area (Å²) in [6.07, 6.45) is 3.86. The molecule has 2 aromatic carbocycles. The Balaban J connectivity index is 1.83. The highest BCUT2D eigenvalue weighted by Crippen LogP contribution is 2.29. The Kier molecular flexibility index (Phi) is 5.74. The summed E-state index contributed by atoms with van der Waals surface area (Å²) in [4.78, 5) is 15.6. The number of aromatic nitrogens is 1. The molecule has 30 heavy (non-hydrogen) atoms. The van der Waals surface area contributed by atoms with E-state index in [0.717, 1.165) is 13.0 Å². The second kappa shape index (κ2) is 8.45. The average Bonchev–Trinajstić information content (AvgIpc) is 3.18. The van der Waals surface area contributed by atoms with Crippen LogP contribution in [0.1, 0.15) is 29.8 Å². The summed E-state index contributed by atoms with van der Waals surface area (Å²) in [5, 5.41) is 9.78. The first-order valence-electron chi connectivity index (χ1n) is 10.0. The van der Waals surface area contributed by atoms with Crippen molar-refractivity contribution in [3.05, 3.63) is 78.1 Å². The molecule has 0 atom stereocenters. The molecular weight excluding hydrogens is 400 g/mol. The molecule has 4 rings (SSSR count). The Morgan fingerprint density at radius 3 is 2.53 bits per heavy atom. The molecule has 1 aliphatic rings. The third kappa shape index (κ3) is 3.78. The fraction of sp³-hybridized carbons (Fsp3) is 0.261. The molecule has 1 N–H and O–H groups in total. The SMILES string of the molecule is O=C(C1=CN(CCCO)CCC1)c1cc2ccccc2n1S(=O)(=O)c1ccccc1. The van der Waals surface area contributed by atoms with Crippen LogP contribution in [0.3, 0.4) is 0 Å². The summed E-state index contributed by atoms with van der Waals surface area (Å²) in [5.74, 6) is -0.278. The van der Waals surface area contributed by atoms with Gasteiger partial charge in [-0.05, 0) is 43.5 Å². The van der Waals surface area contributed by atoms with E-state index in [2.05, 4.69) is 0 Å². The van der Waals surface area contributed by atoms with E-state index in [1.54, 1.807) is 36.4 Å². The molecule has 3 aromatic rings. The van der Waals surface area contributed by atoms with Crippen LogP contribution in [0.15, 0.2) is 77.3 Å². The van der Waals surface area contributed by atoms with Crippen molar-refractivity contribution in [2.24, 2.45) is 0 Å². The smallest absolute Gasteiger partial charge is 0.268 e. The molecule has 0 saturated carbocycles. The number of nitrogens with zero attached hydrogens (tertiary/aromatic N) is 2. The molecular formula is C23H24N2O4S. The number of carbonyl (C=O) groups excluding carboxylic acids is 1. The predicted molar refractivity (Wildman–Crippen MR) is 116 cm³/mol. The van der Waals surface area contributed by atoms with E-state index in [1.807, 2.05) is 23.2 Å². The lowest BCUT2D eigenvalue weighted by molar-refractivity contribution is 0.101. The fourth-order valence-corrected chi connectivity index (χ4v) is 5.39. The van der Waals surface area contributed by atoms with Gasteiger partial charge in [-0.3, -0.25) is 4.79 Å². The molecule has 2 heterocycles. The highest BCUT2D eigenvalue weighted by Gasteiger charge is 2.28. The second-order valence-electron chi connectivity index (χ2n) is 7.37. The summed E-state index contributed by atoms with van der Waals surface area (Å²) in [6.45, 7) is 1.58. The normalized spacial score (nSPS) is 14.7. The monoisotopic (exact) mass is 424 g/mol. The number of Topliss-reactive ketones (excluding diaryl/α,β-unsaturated/α-hetero) is 1. The number of fused-ring (bicyclic) bond motifs is 1. The molecule has 0 saturated heterocycles. The van der Waals surface area contributed by atoms with Crippen LogP contribution in [-0.4, -0.2) is 47.9 Å². The van der Waals surface area contributed by atoms with Gasteiger partial charge in [0.05, 0.1) is 10.4 Å². The van der Waals surface area contributed by atoms with Crippen LogP contribution in [0, 0.1) is 0 Å². The van der Waals surface area contributed by atoms with E-state index >= 15 is 0 Å². The Hall–Kier alpha value is -2.90. The Morgan fingerprint density at radius 2 is 1.77 bits per heavy atom. The molecule has 1 aromatic heterocycles. The number of rotatable bonds is 7. The van der Waals surface area contributed by atoms with Crippen LogP contribution in [0.5, 0.6) is 0 Å². The lowest BCUT2D eigenvalue weighted by Gasteiger charge is -2.26. The molecule has 1 aliphatic heterocycles. The zero-order valence-corrected chi connectivity index (χ0v) is 17.4. The van der Waals surface area contributed by atoms with Gasteiger partial charge in [0.25, 0.3) is 10.0 Å². The number of hydrogen-bond acceptors (Lipinski definition) is 5. The van der Waals surface area contributed by atoms with E-state index in [4.69, 9.17) is 5.11 Å². The van der Waals surface area contributed by atoms with Gasteiger partial charge in [-0.2, -0.15) is 0 Å². The van der Waals surface area contributed by atoms with Crippen molar-refractivity contribution in [3.8, 4) is 0 Å². The number of para-hydroxylation sites is 1. The molecule has 0 spiro atoms. The van der Waals surface area contributed by atoms with Crippen LogP contribution in [0.25, 0.3) is 10.9 Å². The number of carbonyl (C=O) groups is 1. The number of hydrogen-bond donors (Lipinski definition) is 1. The summed E-state index contributed by atoms with van der Waals surface area (Å²) in [6, 6.07) is 16.9. The Bertz CT molecular complexity index is 1200. The molecule has 0 unspecified atom stereocenters. The van der Waals surface area contributed by atoms with Gasteiger partial charge in [-0.1, -0.05) is 36.4 Å². The van der Waals surface area contributed by atoms with Crippen molar-refractivity contribution in [3.63, 3.8) is 0 Å². The molecule has 0 bridgehead atoms. The molecule has 0 fully saturated rings. The van der Waals surface area contributed by atoms with Crippen molar-refractivity contribution in [1.82, 2.24) is 8.87 Å². The molecule has 0 aliphatic carbocycles. The van der Waals surface area contributed by atoms with Crippen molar-refractivity contribution in [2.75, 3.05) is 19.7 Å². The first kappa shape index (κ1) is 20.4. The van der Waals surface area contributed by atoms with Gasteiger partial charge >= 0.3 is 0 Å². The van der Waals surface area contributed by atoms with Crippen molar-refractivity contribution >= 4 is 26.7 Å². The van der Waals surface area contributed by atoms with Gasteiger partial charge in [-0.25, -0.2) is 12.4 Å². The summed E-state index contributed by atoms with van der Waals surface area (Å²) < 4.78 is 28.1. The summed E-state index contributed by atoms with van der Waals surface area (Å²) >= 11 is 0. The minimum absolute atomic E-state index is 0.0944. The number of allylic oxidation sites excluding steroid dienone is 1. The molecule has 0 radical (unpaired) electrons. The van der Waals surface area contributed by atoms with Crippen molar-refractivity contribution in [2.45, 2.75) is 24.2 Å². The quantitative estimate of drug-likeness (QED) is 0.588. The zero-order valence-electron chi connectivity index (χ0n) is 16.6. The molecule has 7 heteroatoms. The average molecular weight is 425 g/mol. The van der Waals surface area contributed by atoms with E-state index in [9.17, 15) is 13.2 Å². The van der Waals surface area contributed by atoms with Gasteiger partial charge < -0.3 is 10.0 Å². The van der Waals surface area contributed by atoms with Crippen LogP contribution in [-0.2, 0) is 10.0 Å². The highest BCUT2D eigenvalue weighted by atomic mass is 32.2. The number of benzene rings is 2. The van der Waals surface area contributed by atoms with E-state index in [1.165, 1.54) is 16.1 Å². The largest absolute Gasteiger partial charge is 0.396 e. The van der Waals surface area contributed by atoms with Gasteiger partial charge in [0.15, 0.2) is 0 Å². The zero-order chi connectivity index (χ0) is 21.1. The lowest BCUT2D eigenvalue weighted by atomic mass is 10.0. The summed E-state index contributed by atoms with van der Waals surface area (Å²) in [7, 11) is -3.94. The number of aliphatic hydroxyl groups excluding tert-OH is 1. The topological polar surface area (TPSA) is 79.6 Å². The summed E-state index contributed by atoms with van der Waals surface area (Å²) in [5.41, 5.74) is 1.22. The van der Waals surface area contributed by atoms with Gasteiger partial charge in [-0.15, -0.1) is 0 Å². The van der Waals surface area contributed by atoms with E-state index in [-0.39, 0.29) is 23.0 Å². The number of ketones is 1. The molecule has 156 valence electrons. The van der Waals surface area contributed by atoms with Gasteiger partial charge in [0.1, 0.15) is 5.69 Å². The fourth-order valence-electron chi connectivity index (χ4n) is 3.85. The Labute approximate surface area is 176 Å². The maximum absolute atomic E-state index is 13.5. The molecule has 6 nitrogen and oxygen atoms in total. The minimum Gasteiger partial charge on any atom is -0.396 e. The number of aliphatic hydroxyl groups is 1. The van der Waals surface area contributed by atoms with E-state index in [0.29, 0.717) is 35.9 Å². The maximum Gasteiger partial charge on any atom is 0.268 e. The maximum atomic E-state index is 13.5. The van der Waals surface area contributed by atoms with Crippen LogP contribution in [0.2, 0.25) is 0 Å². The van der Waals surface area contributed by atoms with Gasteiger partial charge in [0, 0.05) is 36.9 Å². The van der Waals surface area contributed by atoms with Gasteiger partial charge in [0.2, 0.25) is 5.78 Å². The highest BCUT2D eigenvalue weighted by molar-refractivity contribution is 7.90. The first-order valence-corrected chi connectivity index (χ1v) is 11.5. The Morgan fingerprint density at radius 1 is 1.03 bits per heavy atom. The van der Waals surface area contributed by atoms with Crippen LogP contribution in [0.4, 0.5) is 0 Å².